The van der Waals surface area contributed by atoms with Crippen LogP contribution in [0.15, 0.2) is 29.3 Å². The molecule has 1 aliphatic rings. The number of esters is 1. The Morgan fingerprint density at radius 3 is 2.26 bits per heavy atom. The summed E-state index contributed by atoms with van der Waals surface area (Å²) in [5, 5.41) is 0.0559. The highest BCUT2D eigenvalue weighted by Gasteiger charge is 2.46. The van der Waals surface area contributed by atoms with E-state index in [1.165, 1.54) is 7.11 Å². The number of aliphatic imine (C=N–C) groups is 1. The molecule has 1 heterocycles. The van der Waals surface area contributed by atoms with Crippen LogP contribution in [0.4, 0.5) is 0 Å². The molecule has 3 atom stereocenters. The number of hydrogen-bond donors (Lipinski definition) is 0. The van der Waals surface area contributed by atoms with E-state index >= 15 is 0 Å². The van der Waals surface area contributed by atoms with Crippen molar-refractivity contribution >= 4 is 20.2 Å². The van der Waals surface area contributed by atoms with Crippen LogP contribution in [0.2, 0.25) is 18.1 Å². The Kier molecular flexibility index (Phi) is 6.37. The van der Waals surface area contributed by atoms with Crippen LogP contribution < -0.4 is 4.74 Å². The Labute approximate surface area is 163 Å². The molecule has 6 nitrogen and oxygen atoms in total. The molecule has 0 N–H and O–H groups in total. The summed E-state index contributed by atoms with van der Waals surface area (Å²) >= 11 is 0. The van der Waals surface area contributed by atoms with E-state index in [1.807, 2.05) is 31.2 Å². The molecule has 0 unspecified atom stereocenters. The molecule has 0 bridgehead atoms. The second kappa shape index (κ2) is 8.02. The molecule has 1 aromatic rings. The van der Waals surface area contributed by atoms with Crippen molar-refractivity contribution < 1.29 is 23.4 Å². The molecule has 150 valence electrons. The van der Waals surface area contributed by atoms with E-state index in [4.69, 9.17) is 18.6 Å². The van der Waals surface area contributed by atoms with Crippen molar-refractivity contribution in [1.29, 1.82) is 0 Å². The van der Waals surface area contributed by atoms with Gasteiger partial charge in [-0.15, -0.1) is 0 Å². The fourth-order valence-corrected chi connectivity index (χ4v) is 4.09. The van der Waals surface area contributed by atoms with Crippen LogP contribution >= 0.6 is 0 Å². The molecule has 0 spiro atoms. The van der Waals surface area contributed by atoms with Crippen LogP contribution in [0, 0.1) is 0 Å². The Bertz CT molecular complexity index is 693. The van der Waals surface area contributed by atoms with Crippen molar-refractivity contribution in [3.8, 4) is 5.75 Å². The molecular formula is C20H31NO5Si. The fraction of sp³-hybridized carbons (Fsp3) is 0.600. The first-order chi connectivity index (χ1) is 12.5. The maximum Gasteiger partial charge on any atom is 0.334 e. The van der Waals surface area contributed by atoms with Gasteiger partial charge in [-0.05, 0) is 49.3 Å². The van der Waals surface area contributed by atoms with E-state index in [2.05, 4.69) is 38.9 Å². The summed E-state index contributed by atoms with van der Waals surface area (Å²) in [6.07, 6.45) is -0.821. The highest BCUT2D eigenvalue weighted by atomic mass is 28.4. The monoisotopic (exact) mass is 393 g/mol. The molecule has 0 fully saturated rings. The normalized spacial score (nSPS) is 21.3. The minimum Gasteiger partial charge on any atom is -0.497 e. The van der Waals surface area contributed by atoms with Crippen molar-refractivity contribution in [3.63, 3.8) is 0 Å². The first-order valence-corrected chi connectivity index (χ1v) is 12.1. The summed E-state index contributed by atoms with van der Waals surface area (Å²) in [6.45, 7) is 12.8. The lowest BCUT2D eigenvalue weighted by Crippen LogP contribution is -2.49. The summed E-state index contributed by atoms with van der Waals surface area (Å²) < 4.78 is 22.7. The summed E-state index contributed by atoms with van der Waals surface area (Å²) in [5.41, 5.74) is 0.784. The number of hydrogen-bond acceptors (Lipinski definition) is 6. The maximum absolute atomic E-state index is 12.3. The van der Waals surface area contributed by atoms with Crippen molar-refractivity contribution in [2.45, 2.75) is 64.1 Å². The summed E-state index contributed by atoms with van der Waals surface area (Å²) in [6, 6.07) is 6.63. The van der Waals surface area contributed by atoms with Gasteiger partial charge in [-0.25, -0.2) is 9.79 Å². The van der Waals surface area contributed by atoms with E-state index in [9.17, 15) is 4.79 Å². The zero-order chi connectivity index (χ0) is 20.4. The molecule has 0 aliphatic carbocycles. The van der Waals surface area contributed by atoms with Gasteiger partial charge in [0.15, 0.2) is 20.5 Å². The third kappa shape index (κ3) is 4.71. The SMILES string of the molecule is COC(=O)[C@@H]1N=C(c2ccc(OC)cc2)O[C@H]1[C@H](C)O[Si](C)(C)C(C)(C)C. The van der Waals surface area contributed by atoms with E-state index in [0.717, 1.165) is 11.3 Å². The second-order valence-corrected chi connectivity index (χ2v) is 13.1. The molecule has 1 aliphatic heterocycles. The third-order valence-corrected chi connectivity index (χ3v) is 9.92. The van der Waals surface area contributed by atoms with Crippen LogP contribution in [0.3, 0.4) is 0 Å². The Morgan fingerprint density at radius 1 is 1.19 bits per heavy atom. The van der Waals surface area contributed by atoms with Gasteiger partial charge >= 0.3 is 5.97 Å². The van der Waals surface area contributed by atoms with E-state index in [0.29, 0.717) is 5.90 Å². The molecule has 0 saturated carbocycles. The third-order valence-electron chi connectivity index (χ3n) is 5.34. The van der Waals surface area contributed by atoms with Gasteiger partial charge < -0.3 is 18.6 Å². The molecule has 0 amide bonds. The first kappa shape index (κ1) is 21.4. The molecular weight excluding hydrogens is 362 g/mol. The van der Waals surface area contributed by atoms with Crippen LogP contribution in [0.25, 0.3) is 0 Å². The molecule has 2 rings (SSSR count). The number of carbonyl (C=O) groups is 1. The molecule has 0 aromatic heterocycles. The minimum atomic E-state index is -2.02. The number of carbonyl (C=O) groups excluding carboxylic acids is 1. The average Bonchev–Trinajstić information content (AvgIpc) is 3.05. The van der Waals surface area contributed by atoms with E-state index in [-0.39, 0.29) is 11.1 Å². The van der Waals surface area contributed by atoms with Gasteiger partial charge in [0.05, 0.1) is 20.3 Å². The van der Waals surface area contributed by atoms with Crippen LogP contribution in [-0.4, -0.2) is 52.7 Å². The predicted molar refractivity (Wildman–Crippen MR) is 108 cm³/mol. The summed E-state index contributed by atoms with van der Waals surface area (Å²) in [5.74, 6) is 0.742. The van der Waals surface area contributed by atoms with Gasteiger partial charge in [0, 0.05) is 5.56 Å². The predicted octanol–water partition coefficient (Wildman–Crippen LogP) is 3.79. The van der Waals surface area contributed by atoms with Crippen LogP contribution in [0.5, 0.6) is 5.75 Å². The van der Waals surface area contributed by atoms with Gasteiger partial charge in [0.1, 0.15) is 5.75 Å². The van der Waals surface area contributed by atoms with Crippen molar-refractivity contribution in [2.75, 3.05) is 14.2 Å². The van der Waals surface area contributed by atoms with Crippen LogP contribution in [0.1, 0.15) is 33.3 Å². The number of nitrogens with zero attached hydrogens (tertiary/aromatic N) is 1. The standard InChI is InChI=1S/C20H31NO5Si/c1-13(26-27(7,8)20(2,3)4)17-16(19(22)24-6)21-18(25-17)14-9-11-15(23-5)12-10-14/h9-13,16-17H,1-8H3/t13-,16+,17-/m0/s1. The van der Waals surface area contributed by atoms with Crippen LogP contribution in [-0.2, 0) is 18.7 Å². The van der Waals surface area contributed by atoms with Gasteiger partial charge in [0.2, 0.25) is 5.90 Å². The highest BCUT2D eigenvalue weighted by molar-refractivity contribution is 6.74. The lowest BCUT2D eigenvalue weighted by molar-refractivity contribution is -0.145. The van der Waals surface area contributed by atoms with Gasteiger partial charge in [-0.2, -0.15) is 0 Å². The average molecular weight is 394 g/mol. The fourth-order valence-electron chi connectivity index (χ4n) is 2.67. The first-order valence-electron chi connectivity index (χ1n) is 9.14. The number of benzene rings is 1. The maximum atomic E-state index is 12.3. The Morgan fingerprint density at radius 2 is 1.78 bits per heavy atom. The van der Waals surface area contributed by atoms with E-state index in [1.54, 1.807) is 7.11 Å². The van der Waals surface area contributed by atoms with Crippen molar-refractivity contribution in [1.82, 2.24) is 0 Å². The topological polar surface area (TPSA) is 66.4 Å². The quantitative estimate of drug-likeness (QED) is 0.543. The molecule has 7 heteroatoms. The van der Waals surface area contributed by atoms with Gasteiger partial charge in [-0.3, -0.25) is 0 Å². The van der Waals surface area contributed by atoms with Gasteiger partial charge in [0.25, 0.3) is 0 Å². The van der Waals surface area contributed by atoms with Crippen molar-refractivity contribution in [2.24, 2.45) is 4.99 Å². The minimum absolute atomic E-state index is 0.0559. The second-order valence-electron chi connectivity index (χ2n) is 8.30. The van der Waals surface area contributed by atoms with Crippen molar-refractivity contribution in [3.05, 3.63) is 29.8 Å². The molecule has 0 radical (unpaired) electrons. The largest absolute Gasteiger partial charge is 0.497 e. The number of rotatable bonds is 6. The Hall–Kier alpha value is -1.86. The highest BCUT2D eigenvalue weighted by Crippen LogP contribution is 2.38. The lowest BCUT2D eigenvalue weighted by Gasteiger charge is -2.39. The smallest absolute Gasteiger partial charge is 0.334 e. The number of methoxy groups -OCH3 is 2. The Balaban J connectivity index is 2.24. The van der Waals surface area contributed by atoms with E-state index < -0.39 is 26.4 Å². The molecule has 0 saturated heterocycles. The molecule has 27 heavy (non-hydrogen) atoms. The molecule has 1 aromatic carbocycles. The van der Waals surface area contributed by atoms with Gasteiger partial charge in [-0.1, -0.05) is 20.8 Å². The summed E-state index contributed by atoms with van der Waals surface area (Å²) in [7, 11) is 0.950. The zero-order valence-electron chi connectivity index (χ0n) is 17.5. The zero-order valence-corrected chi connectivity index (χ0v) is 18.5. The lowest BCUT2D eigenvalue weighted by atomic mass is 10.1. The summed E-state index contributed by atoms with van der Waals surface area (Å²) in [4.78, 5) is 16.8. The number of ether oxygens (including phenoxy) is 3.